The van der Waals surface area contributed by atoms with E-state index in [1.807, 2.05) is 0 Å². The first-order valence-corrected chi connectivity index (χ1v) is 3.48. The zero-order valence-corrected chi connectivity index (χ0v) is 7.18. The first kappa shape index (κ1) is 9.63. The molecule has 60 valence electrons. The first-order valence-electron chi connectivity index (χ1n) is 3.48. The number of aldehydes is 1. The van der Waals surface area contributed by atoms with Crippen molar-refractivity contribution in [2.45, 2.75) is 33.3 Å². The smallest absolute Gasteiger partial charge is 0.122 e. The number of hydrogen-bond donors (Lipinski definition) is 0. The van der Waals surface area contributed by atoms with E-state index in [-0.39, 0.29) is 11.5 Å². The Balaban J connectivity index is 3.92. The summed E-state index contributed by atoms with van der Waals surface area (Å²) in [6.07, 6.45) is 1.43. The third kappa shape index (κ3) is 2.97. The van der Waals surface area contributed by atoms with Crippen molar-refractivity contribution in [3.8, 4) is 0 Å². The molecule has 0 bridgehead atoms. The second-order valence-corrected chi connectivity index (χ2v) is 3.49. The van der Waals surface area contributed by atoms with Crippen molar-refractivity contribution in [2.24, 2.45) is 5.41 Å². The monoisotopic (exact) mass is 144 g/mol. The SMILES string of the molecule is COC(CC=O)C(C)(C)C. The number of hydrogen-bond acceptors (Lipinski definition) is 2. The molecule has 2 nitrogen and oxygen atoms in total. The Kier molecular flexibility index (Phi) is 3.58. The molecule has 0 spiro atoms. The van der Waals surface area contributed by atoms with E-state index in [0.717, 1.165) is 6.29 Å². The Bertz CT molecular complexity index is 102. The molecular weight excluding hydrogens is 128 g/mol. The average Bonchev–Trinajstić information content (AvgIpc) is 1.80. The Hall–Kier alpha value is -0.370. The zero-order chi connectivity index (χ0) is 8.20. The zero-order valence-electron chi connectivity index (χ0n) is 7.18. The maximum absolute atomic E-state index is 10.1. The predicted molar refractivity (Wildman–Crippen MR) is 40.9 cm³/mol. The molecule has 1 atom stereocenters. The standard InChI is InChI=1S/C8H16O2/c1-8(2,3)7(10-4)5-6-9/h6-7H,5H2,1-4H3. The molecular formula is C8H16O2. The fourth-order valence-electron chi connectivity index (χ4n) is 0.891. The molecule has 0 aliphatic carbocycles. The van der Waals surface area contributed by atoms with Crippen LogP contribution in [-0.4, -0.2) is 19.5 Å². The van der Waals surface area contributed by atoms with Gasteiger partial charge >= 0.3 is 0 Å². The highest BCUT2D eigenvalue weighted by atomic mass is 16.5. The fourth-order valence-corrected chi connectivity index (χ4v) is 0.891. The Morgan fingerprint density at radius 1 is 1.50 bits per heavy atom. The van der Waals surface area contributed by atoms with Crippen LogP contribution in [0, 0.1) is 5.41 Å². The van der Waals surface area contributed by atoms with Gasteiger partial charge in [-0.05, 0) is 5.41 Å². The summed E-state index contributed by atoms with van der Waals surface area (Å²) in [5.74, 6) is 0. The molecule has 0 saturated carbocycles. The number of rotatable bonds is 3. The summed E-state index contributed by atoms with van der Waals surface area (Å²) in [6.45, 7) is 6.18. The minimum atomic E-state index is 0.0463. The number of ether oxygens (including phenoxy) is 1. The Morgan fingerprint density at radius 3 is 2.10 bits per heavy atom. The maximum atomic E-state index is 10.1. The number of carbonyl (C=O) groups excluding carboxylic acids is 1. The summed E-state index contributed by atoms with van der Waals surface area (Å²) in [5.41, 5.74) is 0.0651. The Morgan fingerprint density at radius 2 is 2.00 bits per heavy atom. The van der Waals surface area contributed by atoms with Gasteiger partial charge < -0.3 is 9.53 Å². The van der Waals surface area contributed by atoms with Crippen LogP contribution in [0.3, 0.4) is 0 Å². The van der Waals surface area contributed by atoms with Gasteiger partial charge in [0, 0.05) is 13.5 Å². The molecule has 2 heteroatoms. The van der Waals surface area contributed by atoms with Crippen LogP contribution in [0.2, 0.25) is 0 Å². The van der Waals surface area contributed by atoms with Crippen LogP contribution >= 0.6 is 0 Å². The lowest BCUT2D eigenvalue weighted by atomic mass is 9.87. The minimum Gasteiger partial charge on any atom is -0.380 e. The minimum absolute atomic E-state index is 0.0463. The van der Waals surface area contributed by atoms with Crippen LogP contribution in [0.1, 0.15) is 27.2 Å². The van der Waals surface area contributed by atoms with Crippen molar-refractivity contribution in [1.82, 2.24) is 0 Å². The van der Waals surface area contributed by atoms with Crippen molar-refractivity contribution >= 4 is 6.29 Å². The summed E-state index contributed by atoms with van der Waals surface area (Å²) in [7, 11) is 1.64. The van der Waals surface area contributed by atoms with E-state index in [4.69, 9.17) is 4.74 Å². The second-order valence-electron chi connectivity index (χ2n) is 3.49. The van der Waals surface area contributed by atoms with Gasteiger partial charge in [0.1, 0.15) is 6.29 Å². The van der Waals surface area contributed by atoms with E-state index in [0.29, 0.717) is 6.42 Å². The van der Waals surface area contributed by atoms with E-state index in [1.165, 1.54) is 0 Å². The molecule has 0 rings (SSSR count). The third-order valence-corrected chi connectivity index (χ3v) is 1.56. The number of methoxy groups -OCH3 is 1. The van der Waals surface area contributed by atoms with Gasteiger partial charge in [-0.1, -0.05) is 20.8 Å². The van der Waals surface area contributed by atoms with Crippen LogP contribution in [0.5, 0.6) is 0 Å². The molecule has 0 aromatic carbocycles. The van der Waals surface area contributed by atoms with Crippen molar-refractivity contribution in [1.29, 1.82) is 0 Å². The van der Waals surface area contributed by atoms with Gasteiger partial charge in [-0.2, -0.15) is 0 Å². The van der Waals surface area contributed by atoms with Gasteiger partial charge in [-0.25, -0.2) is 0 Å². The summed E-state index contributed by atoms with van der Waals surface area (Å²) in [4.78, 5) is 10.1. The van der Waals surface area contributed by atoms with Crippen LogP contribution in [-0.2, 0) is 9.53 Å². The normalized spacial score (nSPS) is 14.8. The lowest BCUT2D eigenvalue weighted by Gasteiger charge is -2.27. The molecule has 0 aromatic heterocycles. The molecule has 0 heterocycles. The van der Waals surface area contributed by atoms with E-state index in [9.17, 15) is 4.79 Å². The van der Waals surface area contributed by atoms with Crippen LogP contribution in [0.4, 0.5) is 0 Å². The van der Waals surface area contributed by atoms with Crippen LogP contribution < -0.4 is 0 Å². The highest BCUT2D eigenvalue weighted by Crippen LogP contribution is 2.23. The topological polar surface area (TPSA) is 26.3 Å². The number of carbonyl (C=O) groups is 1. The quantitative estimate of drug-likeness (QED) is 0.563. The average molecular weight is 144 g/mol. The van der Waals surface area contributed by atoms with Gasteiger partial charge in [0.25, 0.3) is 0 Å². The summed E-state index contributed by atoms with van der Waals surface area (Å²) in [6, 6.07) is 0. The molecule has 0 aliphatic rings. The van der Waals surface area contributed by atoms with E-state index in [2.05, 4.69) is 20.8 Å². The molecule has 0 radical (unpaired) electrons. The molecule has 0 fully saturated rings. The van der Waals surface area contributed by atoms with Crippen LogP contribution in [0.25, 0.3) is 0 Å². The molecule has 0 saturated heterocycles. The van der Waals surface area contributed by atoms with Gasteiger partial charge in [0.15, 0.2) is 0 Å². The van der Waals surface area contributed by atoms with Gasteiger partial charge in [0.2, 0.25) is 0 Å². The molecule has 1 unspecified atom stereocenters. The van der Waals surface area contributed by atoms with Crippen LogP contribution in [0.15, 0.2) is 0 Å². The van der Waals surface area contributed by atoms with Crippen molar-refractivity contribution in [2.75, 3.05) is 7.11 Å². The van der Waals surface area contributed by atoms with Gasteiger partial charge in [-0.15, -0.1) is 0 Å². The molecule has 0 N–H and O–H groups in total. The van der Waals surface area contributed by atoms with Gasteiger partial charge in [0.05, 0.1) is 6.10 Å². The summed E-state index contributed by atoms with van der Waals surface area (Å²) < 4.78 is 5.12. The van der Waals surface area contributed by atoms with E-state index >= 15 is 0 Å². The lowest BCUT2D eigenvalue weighted by Crippen LogP contribution is -2.28. The molecule has 10 heavy (non-hydrogen) atoms. The second kappa shape index (κ2) is 3.71. The maximum Gasteiger partial charge on any atom is 0.122 e. The molecule has 0 aliphatic heterocycles. The van der Waals surface area contributed by atoms with Gasteiger partial charge in [-0.3, -0.25) is 0 Å². The Labute approximate surface area is 62.6 Å². The van der Waals surface area contributed by atoms with Crippen molar-refractivity contribution in [3.05, 3.63) is 0 Å². The predicted octanol–water partition coefficient (Wildman–Crippen LogP) is 1.64. The van der Waals surface area contributed by atoms with E-state index < -0.39 is 0 Å². The first-order chi connectivity index (χ1) is 4.52. The van der Waals surface area contributed by atoms with E-state index in [1.54, 1.807) is 7.11 Å². The summed E-state index contributed by atoms with van der Waals surface area (Å²) in [5, 5.41) is 0. The highest BCUT2D eigenvalue weighted by Gasteiger charge is 2.23. The fraction of sp³-hybridized carbons (Fsp3) is 0.875. The van der Waals surface area contributed by atoms with Crippen molar-refractivity contribution < 1.29 is 9.53 Å². The van der Waals surface area contributed by atoms with Crippen molar-refractivity contribution in [3.63, 3.8) is 0 Å². The summed E-state index contributed by atoms with van der Waals surface area (Å²) >= 11 is 0. The highest BCUT2D eigenvalue weighted by molar-refractivity contribution is 5.50. The molecule has 0 amide bonds. The lowest BCUT2D eigenvalue weighted by molar-refractivity contribution is -0.112. The molecule has 0 aromatic rings. The third-order valence-electron chi connectivity index (χ3n) is 1.56. The largest absolute Gasteiger partial charge is 0.380 e.